The van der Waals surface area contributed by atoms with E-state index in [4.69, 9.17) is 39.8 Å². The minimum atomic E-state index is -5.47. The van der Waals surface area contributed by atoms with Crippen molar-refractivity contribution in [3.8, 4) is 22.3 Å². The van der Waals surface area contributed by atoms with E-state index in [1.807, 2.05) is 0 Å². The Morgan fingerprint density at radius 3 is 1.66 bits per heavy atom. The van der Waals surface area contributed by atoms with E-state index >= 15 is 4.79 Å². The highest BCUT2D eigenvalue weighted by Crippen LogP contribution is 2.35. The highest BCUT2D eigenvalue weighted by atomic mass is 32.2. The van der Waals surface area contributed by atoms with Gasteiger partial charge in [0.1, 0.15) is 24.6 Å². The Morgan fingerprint density at radius 1 is 0.594 bits per heavy atom. The van der Waals surface area contributed by atoms with Crippen LogP contribution in [0.15, 0.2) is 165 Å². The van der Waals surface area contributed by atoms with Crippen molar-refractivity contribution >= 4 is 35.3 Å². The van der Waals surface area contributed by atoms with Gasteiger partial charge in [-0.05, 0) is 164 Å². The lowest BCUT2D eigenvalue weighted by Crippen LogP contribution is -2.42. The first-order valence-corrected chi connectivity index (χ1v) is 30.2. The second-order valence-corrected chi connectivity index (χ2v) is 21.8. The molecule has 0 spiro atoms. The summed E-state index contributed by atoms with van der Waals surface area (Å²) < 4.78 is 422. The van der Waals surface area contributed by atoms with Crippen LogP contribution < -0.4 is 11.1 Å². The molecule has 0 N–H and O–H groups in total. The molecule has 2 amide bonds. The minimum Gasteiger partial charge on any atom is -0.336 e. The van der Waals surface area contributed by atoms with Gasteiger partial charge in [0, 0.05) is 89.9 Å². The van der Waals surface area contributed by atoms with Crippen molar-refractivity contribution in [2.45, 2.75) is 133 Å². The maximum absolute atomic E-state index is 15.3. The van der Waals surface area contributed by atoms with Gasteiger partial charge in [-0.2, -0.15) is 36.3 Å². The molecule has 10 rings (SSSR count). The number of carbonyl (C=O) groups excluding carboxylic acids is 2. The predicted octanol–water partition coefficient (Wildman–Crippen LogP) is 15.2. The fourth-order valence-electron chi connectivity index (χ4n) is 9.21. The molecule has 12 nitrogen and oxygen atoms in total. The van der Waals surface area contributed by atoms with Crippen molar-refractivity contribution in [1.29, 1.82) is 0 Å². The number of rotatable bonds is 26. The van der Waals surface area contributed by atoms with Crippen molar-refractivity contribution in [1.82, 2.24) is 38.7 Å². The molecule has 8 aromatic rings. The number of thioether (sulfide) groups is 2. The second kappa shape index (κ2) is 32.9. The lowest BCUT2D eigenvalue weighted by molar-refractivity contribution is -0.138. The number of nitrogens with zero attached hydrogens (tertiary/aromatic N) is 8. The van der Waals surface area contributed by atoms with E-state index in [2.05, 4.69) is 9.97 Å². The topological polar surface area (TPSA) is 117 Å². The number of hydrogen-bond donors (Lipinski definition) is 0. The lowest BCUT2D eigenvalue weighted by Gasteiger charge is -2.33. The minimum absolute atomic E-state index is 0.00353. The molecule has 22 heteroatoms. The maximum Gasteiger partial charge on any atom is 0.416 e. The highest BCUT2D eigenvalue weighted by molar-refractivity contribution is 7.98. The van der Waals surface area contributed by atoms with Crippen molar-refractivity contribution in [3.63, 3.8) is 0 Å². The number of alkyl halides is 6. The van der Waals surface area contributed by atoms with Crippen LogP contribution in [0.5, 0.6) is 0 Å². The molecule has 0 fully saturated rings. The average molecular weight is 1400 g/mol. The zero-order valence-corrected chi connectivity index (χ0v) is 53.1. The molecule has 96 heavy (non-hydrogen) atoms. The summed E-state index contributed by atoms with van der Waals surface area (Å²) in [6, 6.07) is -5.90. The first-order valence-electron chi connectivity index (χ1n) is 46.6. The van der Waals surface area contributed by atoms with Crippen LogP contribution in [-0.4, -0.2) is 103 Å². The Labute approximate surface area is 614 Å². The third-order valence-corrected chi connectivity index (χ3v) is 15.6. The number of halogens is 8. The maximum atomic E-state index is 15.3. The Balaban J connectivity index is 0.000000300. The lowest BCUT2D eigenvalue weighted by atomic mass is 9.99. The molecule has 2 unspecified atom stereocenters. The Morgan fingerprint density at radius 2 is 1.09 bits per heavy atom. The van der Waals surface area contributed by atoms with Crippen LogP contribution >= 0.6 is 23.5 Å². The normalized spacial score (nSPS) is 22.9. The number of fused-ring (bicyclic) bond motifs is 2. The zero-order valence-electron chi connectivity index (χ0n) is 87.4. The van der Waals surface area contributed by atoms with Gasteiger partial charge in [-0.15, -0.1) is 0 Å². The molecule has 2 aliphatic rings. The average Bonchev–Trinajstić information content (AvgIpc) is 1.51. The first kappa shape index (κ1) is 38.3. The van der Waals surface area contributed by atoms with Crippen LogP contribution in [0.2, 0.25) is 0 Å². The molecular weight excluding hydrogens is 1280 g/mol. The van der Waals surface area contributed by atoms with Crippen molar-refractivity contribution in [2.24, 2.45) is 5.89 Å². The molecule has 0 bridgehead atoms. The number of aromatic nitrogens is 4. The molecular formula is C74H80F8N8O4S2. The van der Waals surface area contributed by atoms with Crippen molar-refractivity contribution < 1.29 is 94.1 Å². The van der Waals surface area contributed by atoms with Gasteiger partial charge in [-0.25, -0.2) is 8.78 Å². The molecule has 508 valence electrons. The van der Waals surface area contributed by atoms with E-state index in [-0.39, 0.29) is 69.1 Å². The SMILES string of the molecule is [2H]c1c([2H])c(C(F)(F)F)c([2H])c([2H])c1-c1c([2H])c([2H])c(C([2H])([2H])N(CCN(C([2H])([2H])C)C([2H])([2H])C)C(=O)C([2H])([2H])n2c(SC([2H])([2H])c3ccc(F)cc3)nc(=O)c3c2C([2H])([2H])C([2H])(C)C3([2H])[2H])c([2H])c1[2H].[2H]c1c([2H])c(C([2H])([2H])Sc2nc(=O)c3c(n2C([2H])([2H])C(=O)N(CCN(C([2H])([2H])C)C([2H])([2H])C)C([2H])(C)c2ccc(-c4ccc(C(F)(F)F)cc4)cc2)CCC3)c([2H])c([2H])c1F. The number of hydrogen-bond acceptors (Lipinski definition) is 10. The second-order valence-electron chi connectivity index (χ2n) is 20.2. The number of benzene rings is 6. The Bertz CT molecular complexity index is 5880. The molecule has 0 saturated heterocycles. The third kappa shape index (κ3) is 18.8. The van der Waals surface area contributed by atoms with E-state index < -0.39 is 288 Å². The van der Waals surface area contributed by atoms with Gasteiger partial charge >= 0.3 is 12.4 Å². The van der Waals surface area contributed by atoms with E-state index in [0.717, 1.165) is 69.0 Å². The van der Waals surface area contributed by atoms with Crippen LogP contribution in [0.25, 0.3) is 22.3 Å². The smallest absolute Gasteiger partial charge is 0.336 e. The number of amides is 2. The van der Waals surface area contributed by atoms with Gasteiger partial charge in [-0.3, -0.25) is 19.2 Å². The highest BCUT2D eigenvalue weighted by Gasteiger charge is 2.33. The summed E-state index contributed by atoms with van der Waals surface area (Å²) in [5, 5.41) is -2.06. The number of likely N-dealkylation sites (N-methyl/N-ethyl adjacent to an activating group) is 2. The summed E-state index contributed by atoms with van der Waals surface area (Å²) in [6.45, 7) is -20.0. The molecule has 0 radical (unpaired) electrons. The molecule has 2 atom stereocenters. The van der Waals surface area contributed by atoms with E-state index in [1.165, 1.54) is 43.3 Å². The molecule has 0 aliphatic heterocycles. The molecule has 2 aliphatic carbocycles. The molecule has 2 aromatic heterocycles. The summed E-state index contributed by atoms with van der Waals surface area (Å²) >= 11 is -0.244. The largest absolute Gasteiger partial charge is 0.416 e. The molecule has 6 aromatic carbocycles. The Hall–Kier alpha value is -7.92. The summed E-state index contributed by atoms with van der Waals surface area (Å²) in [5.41, 5.74) is -18.9. The van der Waals surface area contributed by atoms with Crippen LogP contribution in [0.4, 0.5) is 35.1 Å². The third-order valence-electron chi connectivity index (χ3n) is 14.1. The van der Waals surface area contributed by atoms with Crippen LogP contribution in [0.1, 0.15) is 159 Å². The van der Waals surface area contributed by atoms with Crippen LogP contribution in [-0.2, 0) is 78.4 Å². The quantitative estimate of drug-likeness (QED) is 0.0295. The van der Waals surface area contributed by atoms with E-state index in [0.29, 0.717) is 32.4 Å². The van der Waals surface area contributed by atoms with Crippen LogP contribution in [0, 0.1) is 17.5 Å². The van der Waals surface area contributed by atoms with Gasteiger partial charge < -0.3 is 28.7 Å². The number of carbonyl (C=O) groups is 2. The van der Waals surface area contributed by atoms with Gasteiger partial charge in [-0.1, -0.05) is 155 Å². The van der Waals surface area contributed by atoms with Crippen molar-refractivity contribution in [2.75, 3.05) is 52.2 Å². The van der Waals surface area contributed by atoms with E-state index in [9.17, 15) is 59.1 Å². The van der Waals surface area contributed by atoms with Gasteiger partial charge in [0.05, 0.1) is 43.2 Å². The summed E-state index contributed by atoms with van der Waals surface area (Å²) in [4.78, 5) is 66.4. The van der Waals surface area contributed by atoms with Gasteiger partial charge in [0.2, 0.25) is 11.8 Å². The molecule has 2 heterocycles. The first-order chi connectivity index (χ1) is 59.6. The monoisotopic (exact) mass is 1400 g/mol. The van der Waals surface area contributed by atoms with Crippen molar-refractivity contribution in [3.05, 3.63) is 234 Å². The standard InChI is InChI=1S/2C37H40F4N4O2S/c1-4-43(5-2)18-19-44(22-26-6-10-28(11-7-26)29-12-14-30(15-13-29)37(39,40)41)34(46)23-45-33-21-25(3)20-32(33)35(47)42-36(45)48-24-27-8-16-31(38)17-9-27;1-4-43(5-2)21-22-44(25(3)27-11-13-28(14-12-27)29-15-17-30(18-16-29)37(39,40)41)34(46)23-45-33-8-6-7-32(33)35(47)42-36(45)48-24-26-9-19-31(38)20-10-26/h6-17,25H,4-5,18-24H2,1-3H3;9-20,25H,4-8,21-24H2,1-3H3/i4D2,5D2,6D,7D,10D,11D,12D,13D,14D,15D,20D2,21D2,22D2,23D2,24D2,25D;4D2,5D2,9D,10D,19D,20D,23D2,24D2,25D. The van der Waals surface area contributed by atoms with Crippen LogP contribution in [0.3, 0.4) is 0 Å². The summed E-state index contributed by atoms with van der Waals surface area (Å²) in [6.07, 6.45) is -16.6. The predicted molar refractivity (Wildman–Crippen MR) is 362 cm³/mol. The summed E-state index contributed by atoms with van der Waals surface area (Å²) in [5.74, 6) is -9.31. The fraction of sp³-hybridized carbons (Fsp3) is 0.378. The van der Waals surface area contributed by atoms with E-state index in [1.54, 1.807) is 0 Å². The Kier molecular flexibility index (Phi) is 13.1. The van der Waals surface area contributed by atoms with Gasteiger partial charge in [0.25, 0.3) is 11.1 Å². The van der Waals surface area contributed by atoms with Gasteiger partial charge in [0.15, 0.2) is 10.3 Å². The fourth-order valence-corrected chi connectivity index (χ4v) is 10.6. The zero-order chi connectivity index (χ0) is 101. The summed E-state index contributed by atoms with van der Waals surface area (Å²) in [7, 11) is 0. The molecule has 0 saturated carbocycles.